The summed E-state index contributed by atoms with van der Waals surface area (Å²) in [6, 6.07) is 4.77. The van der Waals surface area contributed by atoms with Crippen LogP contribution in [0.1, 0.15) is 13.3 Å². The maximum atomic E-state index is 11.5. The molecule has 0 aromatic heterocycles. The fourth-order valence-corrected chi connectivity index (χ4v) is 2.05. The van der Waals surface area contributed by atoms with Gasteiger partial charge in [0.05, 0.1) is 11.5 Å². The summed E-state index contributed by atoms with van der Waals surface area (Å²) in [5.74, 6) is 0. The first-order valence-corrected chi connectivity index (χ1v) is 6.02. The lowest BCUT2D eigenvalue weighted by Crippen LogP contribution is -2.07. The van der Waals surface area contributed by atoms with Crippen molar-refractivity contribution in [2.45, 2.75) is 18.2 Å². The molecule has 0 aliphatic rings. The molecule has 1 aromatic carbocycles. The van der Waals surface area contributed by atoms with Crippen LogP contribution in [-0.4, -0.2) is 19.9 Å². The Labute approximate surface area is 93.1 Å². The molecule has 0 bridgehead atoms. The Morgan fingerprint density at radius 3 is 2.69 bits per heavy atom. The van der Waals surface area contributed by atoms with Gasteiger partial charge in [-0.25, -0.2) is 0 Å². The molecule has 0 N–H and O–H groups in total. The monoisotopic (exact) mass is 245 g/mol. The van der Waals surface area contributed by atoms with Crippen molar-refractivity contribution >= 4 is 15.8 Å². The van der Waals surface area contributed by atoms with Crippen molar-refractivity contribution in [1.29, 1.82) is 0 Å². The second-order valence-electron chi connectivity index (χ2n) is 3.03. The molecule has 0 aliphatic heterocycles. The van der Waals surface area contributed by atoms with Crippen molar-refractivity contribution in [1.82, 2.24) is 0 Å². The molecule has 0 radical (unpaired) electrons. The predicted octanol–water partition coefficient (Wildman–Crippen LogP) is 1.71. The number of hydrogen-bond donors (Lipinski definition) is 0. The minimum absolute atomic E-state index is 0.0605. The Balaban J connectivity index is 3.04. The number of nitro groups is 1. The molecule has 7 heteroatoms. The van der Waals surface area contributed by atoms with Crippen LogP contribution in [0.5, 0.6) is 0 Å². The molecule has 1 aromatic rings. The van der Waals surface area contributed by atoms with Crippen molar-refractivity contribution in [3.8, 4) is 0 Å². The van der Waals surface area contributed by atoms with E-state index in [0.717, 1.165) is 6.07 Å². The standard InChI is InChI=1S/C9H11NO5S/c1-2-6-15-16(13,14)9-5-3-4-8(7-9)10(11)12/h3-5,7H,2,6H2,1H3. The van der Waals surface area contributed by atoms with Gasteiger partial charge in [-0.15, -0.1) is 0 Å². The molecular formula is C9H11NO5S. The number of non-ortho nitro benzene ring substituents is 1. The molecule has 0 unspecified atom stereocenters. The molecule has 0 spiro atoms. The lowest BCUT2D eigenvalue weighted by Gasteiger charge is -2.03. The van der Waals surface area contributed by atoms with E-state index >= 15 is 0 Å². The molecular weight excluding hydrogens is 234 g/mol. The minimum atomic E-state index is -3.88. The summed E-state index contributed by atoms with van der Waals surface area (Å²) in [5, 5.41) is 10.5. The zero-order valence-electron chi connectivity index (χ0n) is 8.62. The molecule has 6 nitrogen and oxygen atoms in total. The summed E-state index contributed by atoms with van der Waals surface area (Å²) in [5.41, 5.74) is -0.277. The number of rotatable bonds is 5. The van der Waals surface area contributed by atoms with Crippen LogP contribution in [0.25, 0.3) is 0 Å². The third kappa shape index (κ3) is 3.01. The highest BCUT2D eigenvalue weighted by Crippen LogP contribution is 2.18. The third-order valence-electron chi connectivity index (χ3n) is 1.76. The van der Waals surface area contributed by atoms with E-state index in [0.29, 0.717) is 6.42 Å². The van der Waals surface area contributed by atoms with Crippen LogP contribution in [0.3, 0.4) is 0 Å². The van der Waals surface area contributed by atoms with Crippen LogP contribution < -0.4 is 0 Å². The maximum absolute atomic E-state index is 11.5. The van der Waals surface area contributed by atoms with Crippen LogP contribution >= 0.6 is 0 Å². The smallest absolute Gasteiger partial charge is 0.266 e. The number of nitro benzene ring substituents is 1. The van der Waals surface area contributed by atoms with E-state index < -0.39 is 15.0 Å². The van der Waals surface area contributed by atoms with Gasteiger partial charge in [0.2, 0.25) is 0 Å². The number of benzene rings is 1. The molecule has 0 atom stereocenters. The highest BCUT2D eigenvalue weighted by molar-refractivity contribution is 7.86. The zero-order valence-corrected chi connectivity index (χ0v) is 9.44. The third-order valence-corrected chi connectivity index (χ3v) is 3.07. The van der Waals surface area contributed by atoms with Gasteiger partial charge in [0.15, 0.2) is 0 Å². The van der Waals surface area contributed by atoms with E-state index in [-0.39, 0.29) is 17.2 Å². The van der Waals surface area contributed by atoms with E-state index in [1.165, 1.54) is 18.2 Å². The fourth-order valence-electron chi connectivity index (χ4n) is 1.01. The van der Waals surface area contributed by atoms with Crippen LogP contribution in [0.2, 0.25) is 0 Å². The quantitative estimate of drug-likeness (QED) is 0.447. The minimum Gasteiger partial charge on any atom is -0.266 e. The SMILES string of the molecule is CCCOS(=O)(=O)c1cccc([N+](=O)[O-])c1. The van der Waals surface area contributed by atoms with Crippen molar-refractivity contribution in [3.63, 3.8) is 0 Å². The van der Waals surface area contributed by atoms with Gasteiger partial charge in [-0.3, -0.25) is 14.3 Å². The Morgan fingerprint density at radius 1 is 1.44 bits per heavy atom. The summed E-state index contributed by atoms with van der Waals surface area (Å²) in [6.07, 6.45) is 0.550. The second kappa shape index (κ2) is 5.04. The Kier molecular flexibility index (Phi) is 3.97. The molecule has 16 heavy (non-hydrogen) atoms. The first kappa shape index (κ1) is 12.6. The van der Waals surface area contributed by atoms with Gasteiger partial charge in [0.25, 0.3) is 15.8 Å². The first-order chi connectivity index (χ1) is 7.47. The van der Waals surface area contributed by atoms with Gasteiger partial charge in [-0.1, -0.05) is 13.0 Å². The molecule has 0 saturated heterocycles. The second-order valence-corrected chi connectivity index (χ2v) is 4.65. The number of hydrogen-bond acceptors (Lipinski definition) is 5. The van der Waals surface area contributed by atoms with Crippen molar-refractivity contribution in [2.24, 2.45) is 0 Å². The van der Waals surface area contributed by atoms with E-state index in [1.807, 2.05) is 0 Å². The Hall–Kier alpha value is -1.47. The summed E-state index contributed by atoms with van der Waals surface area (Å²) in [6.45, 7) is 1.83. The summed E-state index contributed by atoms with van der Waals surface area (Å²) in [7, 11) is -3.88. The number of nitrogens with zero attached hydrogens (tertiary/aromatic N) is 1. The topological polar surface area (TPSA) is 86.5 Å². The fraction of sp³-hybridized carbons (Fsp3) is 0.333. The average molecular weight is 245 g/mol. The highest BCUT2D eigenvalue weighted by atomic mass is 32.2. The molecule has 0 heterocycles. The Bertz CT molecular complexity index is 482. The Morgan fingerprint density at radius 2 is 2.12 bits per heavy atom. The van der Waals surface area contributed by atoms with Gasteiger partial charge in [0.1, 0.15) is 4.90 Å². The lowest BCUT2D eigenvalue weighted by atomic mass is 10.3. The summed E-state index contributed by atoms with van der Waals surface area (Å²) < 4.78 is 27.7. The van der Waals surface area contributed by atoms with E-state index in [2.05, 4.69) is 4.18 Å². The van der Waals surface area contributed by atoms with Gasteiger partial charge in [-0.05, 0) is 12.5 Å². The average Bonchev–Trinajstić information content (AvgIpc) is 2.26. The van der Waals surface area contributed by atoms with Gasteiger partial charge in [-0.2, -0.15) is 8.42 Å². The summed E-state index contributed by atoms with van der Waals surface area (Å²) >= 11 is 0. The largest absolute Gasteiger partial charge is 0.297 e. The van der Waals surface area contributed by atoms with E-state index in [9.17, 15) is 18.5 Å². The first-order valence-electron chi connectivity index (χ1n) is 4.61. The maximum Gasteiger partial charge on any atom is 0.297 e. The molecule has 0 aliphatic carbocycles. The van der Waals surface area contributed by atoms with Crippen molar-refractivity contribution < 1.29 is 17.5 Å². The van der Waals surface area contributed by atoms with E-state index in [1.54, 1.807) is 6.92 Å². The van der Waals surface area contributed by atoms with Crippen LogP contribution in [0.4, 0.5) is 5.69 Å². The van der Waals surface area contributed by atoms with Gasteiger partial charge >= 0.3 is 0 Å². The summed E-state index contributed by atoms with van der Waals surface area (Å²) in [4.78, 5) is 9.61. The van der Waals surface area contributed by atoms with Crippen LogP contribution in [0, 0.1) is 10.1 Å². The van der Waals surface area contributed by atoms with Gasteiger partial charge < -0.3 is 0 Å². The van der Waals surface area contributed by atoms with Gasteiger partial charge in [0, 0.05) is 12.1 Å². The highest BCUT2D eigenvalue weighted by Gasteiger charge is 2.17. The molecule has 0 amide bonds. The molecule has 0 saturated carbocycles. The van der Waals surface area contributed by atoms with Crippen LogP contribution in [0.15, 0.2) is 29.2 Å². The molecule has 1 rings (SSSR count). The van der Waals surface area contributed by atoms with Crippen LogP contribution in [-0.2, 0) is 14.3 Å². The molecule has 88 valence electrons. The predicted molar refractivity (Wildman–Crippen MR) is 56.5 cm³/mol. The normalized spacial score (nSPS) is 11.3. The zero-order chi connectivity index (χ0) is 12.2. The van der Waals surface area contributed by atoms with Crippen molar-refractivity contribution in [2.75, 3.05) is 6.61 Å². The van der Waals surface area contributed by atoms with Crippen molar-refractivity contribution in [3.05, 3.63) is 34.4 Å². The molecule has 0 fully saturated rings. The lowest BCUT2D eigenvalue weighted by molar-refractivity contribution is -0.385. The van der Waals surface area contributed by atoms with E-state index in [4.69, 9.17) is 0 Å².